The maximum atomic E-state index is 12.5. The van der Waals surface area contributed by atoms with Crippen molar-refractivity contribution in [2.45, 2.75) is 39.0 Å². The molecule has 8 nitrogen and oxygen atoms in total. The van der Waals surface area contributed by atoms with E-state index in [9.17, 15) is 14.7 Å². The number of hydrogen-bond donors (Lipinski definition) is 2. The van der Waals surface area contributed by atoms with Gasteiger partial charge in [0.05, 0.1) is 13.2 Å². The predicted molar refractivity (Wildman–Crippen MR) is 117 cm³/mol. The molecule has 2 heterocycles. The lowest BCUT2D eigenvalue weighted by Gasteiger charge is -2.24. The fourth-order valence-electron chi connectivity index (χ4n) is 3.18. The normalized spacial score (nSPS) is 14.0. The zero-order valence-corrected chi connectivity index (χ0v) is 18.4. The monoisotopic (exact) mass is 445 g/mol. The quantitative estimate of drug-likeness (QED) is 0.537. The first-order chi connectivity index (χ1) is 14.7. The number of methoxy groups -OCH3 is 1. The Morgan fingerprint density at radius 3 is 2.65 bits per heavy atom. The summed E-state index contributed by atoms with van der Waals surface area (Å²) in [6.45, 7) is 5.21. The van der Waals surface area contributed by atoms with Crippen LogP contribution in [-0.2, 0) is 9.53 Å². The van der Waals surface area contributed by atoms with Crippen LogP contribution < -0.4 is 10.1 Å². The van der Waals surface area contributed by atoms with Gasteiger partial charge in [-0.3, -0.25) is 4.79 Å². The molecule has 9 heteroatoms. The topological polar surface area (TPSA) is 103 Å². The maximum Gasteiger partial charge on any atom is 0.328 e. The molecule has 0 radical (unpaired) electrons. The third kappa shape index (κ3) is 4.74. The number of aromatic nitrogens is 2. The maximum absolute atomic E-state index is 12.5. The van der Waals surface area contributed by atoms with E-state index in [0.29, 0.717) is 5.02 Å². The van der Waals surface area contributed by atoms with E-state index in [0.717, 1.165) is 10.9 Å². The van der Waals surface area contributed by atoms with Crippen LogP contribution in [0.1, 0.15) is 37.3 Å². The molecule has 164 valence electrons. The van der Waals surface area contributed by atoms with Gasteiger partial charge in [-0.15, -0.1) is 0 Å². The molecule has 0 fully saturated rings. The third-order valence-electron chi connectivity index (χ3n) is 5.13. The number of esters is 1. The molecule has 1 aromatic carbocycles. The highest BCUT2D eigenvalue weighted by atomic mass is 35.5. The number of benzene rings is 1. The number of halogens is 1. The van der Waals surface area contributed by atoms with E-state index in [2.05, 4.69) is 10.3 Å². The Hall–Kier alpha value is -3.26. The van der Waals surface area contributed by atoms with Crippen molar-refractivity contribution in [1.82, 2.24) is 14.9 Å². The molecule has 2 N–H and O–H groups in total. The Balaban J connectivity index is 1.66. The Morgan fingerprint density at radius 1 is 1.19 bits per heavy atom. The number of carbonyl (C=O) groups excluding carboxylic acids is 2. The van der Waals surface area contributed by atoms with E-state index in [-0.39, 0.29) is 17.5 Å². The predicted octanol–water partition coefficient (Wildman–Crippen LogP) is 3.72. The summed E-state index contributed by atoms with van der Waals surface area (Å²) in [5.41, 5.74) is 0.694. The average Bonchev–Trinajstić information content (AvgIpc) is 3.15. The molecule has 0 aliphatic carbocycles. The number of amides is 1. The minimum Gasteiger partial charge on any atom is -0.503 e. The number of aromatic hydroxyl groups is 1. The number of nitrogens with one attached hydrogen (secondary N) is 1. The number of hydrogen-bond acceptors (Lipinski definition) is 6. The van der Waals surface area contributed by atoms with Gasteiger partial charge in [-0.2, -0.15) is 0 Å². The Kier molecular flexibility index (Phi) is 6.70. The number of ether oxygens (including phenoxy) is 2. The van der Waals surface area contributed by atoms with E-state index >= 15 is 0 Å². The smallest absolute Gasteiger partial charge is 0.328 e. The molecule has 1 amide bonds. The summed E-state index contributed by atoms with van der Waals surface area (Å²) >= 11 is 6.12. The SMILES string of the molecule is COc1ccnc(C(=O)N[C@@H](C)C(=O)OC(C)C(C)n2ccc3ccc(Cl)cc32)c1O. The lowest BCUT2D eigenvalue weighted by atomic mass is 10.2. The summed E-state index contributed by atoms with van der Waals surface area (Å²) in [5, 5.41) is 14.2. The van der Waals surface area contributed by atoms with Crippen molar-refractivity contribution in [2.24, 2.45) is 0 Å². The van der Waals surface area contributed by atoms with Crippen molar-refractivity contribution in [3.63, 3.8) is 0 Å². The van der Waals surface area contributed by atoms with Crippen LogP contribution in [0.25, 0.3) is 10.9 Å². The second-order valence-corrected chi connectivity index (χ2v) is 7.65. The first-order valence-electron chi connectivity index (χ1n) is 9.72. The summed E-state index contributed by atoms with van der Waals surface area (Å²) in [6.07, 6.45) is 2.76. The van der Waals surface area contributed by atoms with Gasteiger partial charge in [0, 0.05) is 29.0 Å². The fourth-order valence-corrected chi connectivity index (χ4v) is 3.34. The van der Waals surface area contributed by atoms with Gasteiger partial charge in [-0.25, -0.2) is 9.78 Å². The van der Waals surface area contributed by atoms with Crippen molar-refractivity contribution >= 4 is 34.4 Å². The van der Waals surface area contributed by atoms with E-state index in [1.54, 1.807) is 6.92 Å². The molecule has 3 aromatic rings. The van der Waals surface area contributed by atoms with Crippen molar-refractivity contribution < 1.29 is 24.2 Å². The van der Waals surface area contributed by atoms with Crippen molar-refractivity contribution in [1.29, 1.82) is 0 Å². The molecular formula is C22H24ClN3O5. The number of pyridine rings is 1. The van der Waals surface area contributed by atoms with Crippen LogP contribution in [0.5, 0.6) is 11.5 Å². The zero-order chi connectivity index (χ0) is 22.7. The zero-order valence-electron chi connectivity index (χ0n) is 17.6. The number of rotatable bonds is 7. The summed E-state index contributed by atoms with van der Waals surface area (Å²) in [6, 6.07) is 7.87. The highest BCUT2D eigenvalue weighted by Gasteiger charge is 2.26. The summed E-state index contributed by atoms with van der Waals surface area (Å²) in [5.74, 6) is -1.61. The molecule has 0 spiro atoms. The molecule has 0 aliphatic heterocycles. The minimum atomic E-state index is -0.953. The summed E-state index contributed by atoms with van der Waals surface area (Å²) in [4.78, 5) is 28.8. The lowest BCUT2D eigenvalue weighted by Crippen LogP contribution is -2.41. The molecule has 3 rings (SSSR count). The van der Waals surface area contributed by atoms with Gasteiger partial charge in [0.2, 0.25) is 0 Å². The highest BCUT2D eigenvalue weighted by molar-refractivity contribution is 6.31. The average molecular weight is 446 g/mol. The molecule has 2 aromatic heterocycles. The molecule has 2 unspecified atom stereocenters. The molecular weight excluding hydrogens is 422 g/mol. The van der Waals surface area contributed by atoms with Gasteiger partial charge >= 0.3 is 5.97 Å². The summed E-state index contributed by atoms with van der Waals surface area (Å²) in [7, 11) is 1.36. The van der Waals surface area contributed by atoms with Crippen LogP contribution in [-0.4, -0.2) is 45.8 Å². The molecule has 0 aliphatic rings. The molecule has 3 atom stereocenters. The minimum absolute atomic E-state index is 0.108. The van der Waals surface area contributed by atoms with Crippen LogP contribution >= 0.6 is 11.6 Å². The highest BCUT2D eigenvalue weighted by Crippen LogP contribution is 2.28. The second kappa shape index (κ2) is 9.26. The van der Waals surface area contributed by atoms with Crippen molar-refractivity contribution in [3.05, 3.63) is 53.4 Å². The lowest BCUT2D eigenvalue weighted by molar-refractivity contribution is -0.151. The van der Waals surface area contributed by atoms with E-state index in [1.807, 2.05) is 42.0 Å². The van der Waals surface area contributed by atoms with E-state index < -0.39 is 29.8 Å². The first-order valence-corrected chi connectivity index (χ1v) is 10.1. The Morgan fingerprint density at radius 2 is 1.94 bits per heavy atom. The van der Waals surface area contributed by atoms with Gasteiger partial charge < -0.3 is 24.5 Å². The molecule has 0 saturated carbocycles. The largest absolute Gasteiger partial charge is 0.503 e. The van der Waals surface area contributed by atoms with Gasteiger partial charge in [0.15, 0.2) is 17.2 Å². The second-order valence-electron chi connectivity index (χ2n) is 7.21. The van der Waals surface area contributed by atoms with Crippen LogP contribution in [0, 0.1) is 0 Å². The van der Waals surface area contributed by atoms with Gasteiger partial charge in [0.25, 0.3) is 5.91 Å². The van der Waals surface area contributed by atoms with Gasteiger partial charge in [-0.05, 0) is 44.4 Å². The third-order valence-corrected chi connectivity index (χ3v) is 5.36. The van der Waals surface area contributed by atoms with Crippen molar-refractivity contribution in [3.8, 4) is 11.5 Å². The molecule has 31 heavy (non-hydrogen) atoms. The van der Waals surface area contributed by atoms with Crippen molar-refractivity contribution in [2.75, 3.05) is 7.11 Å². The number of carbonyl (C=O) groups is 2. The van der Waals surface area contributed by atoms with E-state index in [1.165, 1.54) is 26.3 Å². The number of fused-ring (bicyclic) bond motifs is 1. The molecule has 0 bridgehead atoms. The Bertz CT molecular complexity index is 1110. The van der Waals surface area contributed by atoms with Crippen LogP contribution in [0.3, 0.4) is 0 Å². The fraction of sp³-hybridized carbons (Fsp3) is 0.318. The first kappa shape index (κ1) is 22.4. The Labute approximate surface area is 184 Å². The van der Waals surface area contributed by atoms with Crippen LogP contribution in [0.15, 0.2) is 42.7 Å². The summed E-state index contributed by atoms with van der Waals surface area (Å²) < 4.78 is 12.5. The molecule has 0 saturated heterocycles. The van der Waals surface area contributed by atoms with Crippen LogP contribution in [0.4, 0.5) is 0 Å². The number of nitrogens with zero attached hydrogens (tertiary/aromatic N) is 2. The standard InChI is InChI=1S/C22H24ClN3O5/c1-12(25-21(28)19-20(27)18(30-4)7-9-24-19)22(29)31-14(3)13(2)26-10-8-15-5-6-16(23)11-17(15)26/h5-14,27H,1-4H3,(H,25,28)/t12-,13?,14?/m0/s1. The van der Waals surface area contributed by atoms with Crippen LogP contribution in [0.2, 0.25) is 5.02 Å². The van der Waals surface area contributed by atoms with E-state index in [4.69, 9.17) is 21.1 Å². The van der Waals surface area contributed by atoms with Gasteiger partial charge in [-0.1, -0.05) is 17.7 Å². The van der Waals surface area contributed by atoms with Gasteiger partial charge in [0.1, 0.15) is 12.1 Å².